The standard InChI is InChI=1S/C11H13BrN2S/c1-7(2)6-14-10-4-3-8(12)5-9(10)13-11(14)15/h3-5,7H,6H2,1-2H3,(H,13,15). The predicted molar refractivity (Wildman–Crippen MR) is 69.7 cm³/mol. The first kappa shape index (κ1) is 10.9. The molecule has 1 aromatic carbocycles. The van der Waals surface area contributed by atoms with E-state index in [-0.39, 0.29) is 0 Å². The van der Waals surface area contributed by atoms with Gasteiger partial charge in [0.05, 0.1) is 11.0 Å². The van der Waals surface area contributed by atoms with Crippen molar-refractivity contribution >= 4 is 39.2 Å². The molecule has 0 amide bonds. The maximum atomic E-state index is 5.31. The van der Waals surface area contributed by atoms with Crippen LogP contribution in [0.4, 0.5) is 0 Å². The molecule has 0 atom stereocenters. The molecule has 1 N–H and O–H groups in total. The van der Waals surface area contributed by atoms with E-state index in [1.165, 1.54) is 5.52 Å². The Morgan fingerprint density at radius 1 is 1.47 bits per heavy atom. The Morgan fingerprint density at radius 2 is 2.20 bits per heavy atom. The molecule has 2 aromatic rings. The first-order valence-corrected chi connectivity index (χ1v) is 6.16. The third-order valence-electron chi connectivity index (χ3n) is 2.28. The number of fused-ring (bicyclic) bond motifs is 1. The minimum Gasteiger partial charge on any atom is -0.331 e. The summed E-state index contributed by atoms with van der Waals surface area (Å²) in [6.45, 7) is 5.35. The van der Waals surface area contributed by atoms with Crippen LogP contribution in [0.3, 0.4) is 0 Å². The third-order valence-corrected chi connectivity index (χ3v) is 3.10. The minimum absolute atomic E-state index is 0.597. The molecular formula is C11H13BrN2S. The van der Waals surface area contributed by atoms with Gasteiger partial charge in [0.2, 0.25) is 0 Å². The van der Waals surface area contributed by atoms with Gasteiger partial charge in [-0.05, 0) is 36.3 Å². The number of rotatable bonds is 2. The van der Waals surface area contributed by atoms with Crippen molar-refractivity contribution in [3.8, 4) is 0 Å². The van der Waals surface area contributed by atoms with Gasteiger partial charge in [0, 0.05) is 11.0 Å². The van der Waals surface area contributed by atoms with Gasteiger partial charge in [-0.15, -0.1) is 0 Å². The molecule has 80 valence electrons. The van der Waals surface area contributed by atoms with Gasteiger partial charge in [0.25, 0.3) is 0 Å². The molecule has 2 rings (SSSR count). The number of halogens is 1. The number of nitrogens with zero attached hydrogens (tertiary/aromatic N) is 1. The summed E-state index contributed by atoms with van der Waals surface area (Å²) in [7, 11) is 0. The average molecular weight is 285 g/mol. The Labute approximate surface area is 102 Å². The number of H-pyrrole nitrogens is 1. The van der Waals surface area contributed by atoms with Crippen LogP contribution < -0.4 is 0 Å². The second kappa shape index (κ2) is 4.10. The van der Waals surface area contributed by atoms with E-state index in [2.05, 4.69) is 51.5 Å². The molecule has 0 saturated heterocycles. The quantitative estimate of drug-likeness (QED) is 0.823. The molecule has 1 aromatic heterocycles. The van der Waals surface area contributed by atoms with Gasteiger partial charge in [-0.2, -0.15) is 0 Å². The van der Waals surface area contributed by atoms with Crippen LogP contribution >= 0.6 is 28.1 Å². The number of imidazole rings is 1. The maximum absolute atomic E-state index is 5.31. The van der Waals surface area contributed by atoms with Crippen molar-refractivity contribution in [2.24, 2.45) is 5.92 Å². The van der Waals surface area contributed by atoms with E-state index < -0.39 is 0 Å². The van der Waals surface area contributed by atoms with Crippen molar-refractivity contribution < 1.29 is 0 Å². The van der Waals surface area contributed by atoms with Crippen molar-refractivity contribution in [1.82, 2.24) is 9.55 Å². The van der Waals surface area contributed by atoms with Gasteiger partial charge >= 0.3 is 0 Å². The van der Waals surface area contributed by atoms with Gasteiger partial charge in [-0.25, -0.2) is 0 Å². The Morgan fingerprint density at radius 3 is 2.87 bits per heavy atom. The van der Waals surface area contributed by atoms with E-state index in [4.69, 9.17) is 12.2 Å². The van der Waals surface area contributed by atoms with Crippen molar-refractivity contribution in [1.29, 1.82) is 0 Å². The molecule has 0 unspecified atom stereocenters. The minimum atomic E-state index is 0.597. The molecule has 0 radical (unpaired) electrons. The van der Waals surface area contributed by atoms with Crippen LogP contribution in [-0.2, 0) is 6.54 Å². The van der Waals surface area contributed by atoms with Gasteiger partial charge < -0.3 is 9.55 Å². The highest BCUT2D eigenvalue weighted by atomic mass is 79.9. The number of nitrogens with one attached hydrogen (secondary N) is 1. The van der Waals surface area contributed by atoms with Crippen LogP contribution in [0.5, 0.6) is 0 Å². The molecular weight excluding hydrogens is 272 g/mol. The lowest BCUT2D eigenvalue weighted by Gasteiger charge is -2.07. The van der Waals surface area contributed by atoms with Crippen molar-refractivity contribution in [2.75, 3.05) is 0 Å². The van der Waals surface area contributed by atoms with Crippen LogP contribution in [0.25, 0.3) is 11.0 Å². The lowest BCUT2D eigenvalue weighted by atomic mass is 10.2. The summed E-state index contributed by atoms with van der Waals surface area (Å²) in [4.78, 5) is 3.22. The summed E-state index contributed by atoms with van der Waals surface area (Å²) in [6, 6.07) is 6.19. The first-order valence-electron chi connectivity index (χ1n) is 4.96. The van der Waals surface area contributed by atoms with E-state index in [1.54, 1.807) is 0 Å². The molecule has 0 aliphatic heterocycles. The molecule has 4 heteroatoms. The summed E-state index contributed by atoms with van der Waals surface area (Å²) in [6.07, 6.45) is 0. The molecule has 0 fully saturated rings. The zero-order chi connectivity index (χ0) is 11.0. The monoisotopic (exact) mass is 284 g/mol. The Kier molecular flexibility index (Phi) is 2.98. The van der Waals surface area contributed by atoms with E-state index in [1.807, 2.05) is 6.07 Å². The fourth-order valence-electron chi connectivity index (χ4n) is 1.68. The topological polar surface area (TPSA) is 20.7 Å². The second-order valence-corrected chi connectivity index (χ2v) is 5.40. The highest BCUT2D eigenvalue weighted by Gasteiger charge is 2.05. The van der Waals surface area contributed by atoms with Crippen molar-refractivity contribution in [2.45, 2.75) is 20.4 Å². The summed E-state index contributed by atoms with van der Waals surface area (Å²) in [5.74, 6) is 0.597. The predicted octanol–water partition coefficient (Wildman–Crippen LogP) is 4.12. The third kappa shape index (κ3) is 2.16. The summed E-state index contributed by atoms with van der Waals surface area (Å²) < 4.78 is 4.03. The average Bonchev–Trinajstić information content (AvgIpc) is 2.41. The van der Waals surface area contributed by atoms with Gasteiger partial charge in [-0.3, -0.25) is 0 Å². The van der Waals surface area contributed by atoms with Crippen LogP contribution in [0, 0.1) is 10.7 Å². The Hall–Kier alpha value is -0.610. The van der Waals surface area contributed by atoms with Crippen LogP contribution in [0.1, 0.15) is 13.8 Å². The lowest BCUT2D eigenvalue weighted by Crippen LogP contribution is -2.03. The molecule has 15 heavy (non-hydrogen) atoms. The summed E-state index contributed by atoms with van der Waals surface area (Å²) in [5.41, 5.74) is 2.27. The van der Waals surface area contributed by atoms with Crippen LogP contribution in [-0.4, -0.2) is 9.55 Å². The maximum Gasteiger partial charge on any atom is 0.178 e. The summed E-state index contributed by atoms with van der Waals surface area (Å²) >= 11 is 8.76. The fourth-order valence-corrected chi connectivity index (χ4v) is 2.33. The number of hydrogen-bond donors (Lipinski definition) is 1. The molecule has 1 heterocycles. The number of benzene rings is 1. The fraction of sp³-hybridized carbons (Fsp3) is 0.364. The lowest BCUT2D eigenvalue weighted by molar-refractivity contribution is 0.529. The Bertz CT molecular complexity index is 539. The molecule has 0 aliphatic rings. The zero-order valence-electron chi connectivity index (χ0n) is 8.75. The van der Waals surface area contributed by atoms with E-state index in [0.717, 1.165) is 21.3 Å². The number of aromatic nitrogens is 2. The van der Waals surface area contributed by atoms with Crippen LogP contribution in [0.2, 0.25) is 0 Å². The SMILES string of the molecule is CC(C)Cn1c(=S)[nH]c2cc(Br)ccc21. The van der Waals surface area contributed by atoms with E-state index in [9.17, 15) is 0 Å². The largest absolute Gasteiger partial charge is 0.331 e. The van der Waals surface area contributed by atoms with E-state index >= 15 is 0 Å². The van der Waals surface area contributed by atoms with E-state index in [0.29, 0.717) is 5.92 Å². The van der Waals surface area contributed by atoms with Crippen molar-refractivity contribution in [3.63, 3.8) is 0 Å². The van der Waals surface area contributed by atoms with Gasteiger partial charge in [-0.1, -0.05) is 29.8 Å². The zero-order valence-corrected chi connectivity index (χ0v) is 11.2. The normalized spacial score (nSPS) is 11.5. The van der Waals surface area contributed by atoms with Crippen molar-refractivity contribution in [3.05, 3.63) is 27.4 Å². The molecule has 0 bridgehead atoms. The van der Waals surface area contributed by atoms with Gasteiger partial charge in [0.1, 0.15) is 0 Å². The molecule has 2 nitrogen and oxygen atoms in total. The van der Waals surface area contributed by atoms with Crippen LogP contribution in [0.15, 0.2) is 22.7 Å². The Balaban J connectivity index is 2.63. The number of aromatic amines is 1. The first-order chi connectivity index (χ1) is 7.08. The smallest absolute Gasteiger partial charge is 0.178 e. The molecule has 0 saturated carbocycles. The molecule has 0 spiro atoms. The highest BCUT2D eigenvalue weighted by molar-refractivity contribution is 9.10. The number of hydrogen-bond acceptors (Lipinski definition) is 1. The summed E-state index contributed by atoms with van der Waals surface area (Å²) in [5, 5.41) is 0. The highest BCUT2D eigenvalue weighted by Crippen LogP contribution is 2.20. The second-order valence-electron chi connectivity index (χ2n) is 4.10. The van der Waals surface area contributed by atoms with Gasteiger partial charge in [0.15, 0.2) is 4.77 Å². The molecule has 0 aliphatic carbocycles.